The molecule has 0 aromatic carbocycles. The van der Waals surface area contributed by atoms with E-state index in [4.69, 9.17) is 4.74 Å². The Hall–Kier alpha value is -1.66. The SMILES string of the molecule is CCCCCCCC/C=C\CCCCCCCCCCCC(=O)OCCCCCCCCCCCCCCCCCCCC(=O)NC(CO)C(O)/C=C/CCCCCCCCCCCCCCCCCCCC. The summed E-state index contributed by atoms with van der Waals surface area (Å²) in [6.45, 7) is 4.92. The second kappa shape index (κ2) is 62.9. The number of aliphatic hydroxyl groups excluding tert-OH is 2. The normalized spacial score (nSPS) is 12.7. The van der Waals surface area contributed by atoms with Crippen LogP contribution in [0.25, 0.3) is 0 Å². The van der Waals surface area contributed by atoms with E-state index < -0.39 is 12.1 Å². The molecule has 0 aliphatic heterocycles. The van der Waals surface area contributed by atoms with Crippen LogP contribution < -0.4 is 5.32 Å². The number of hydrogen-bond acceptors (Lipinski definition) is 5. The Balaban J connectivity index is 3.42. The second-order valence-corrected chi connectivity index (χ2v) is 22.8. The smallest absolute Gasteiger partial charge is 0.305 e. The fourth-order valence-corrected chi connectivity index (χ4v) is 10.4. The zero-order valence-electron chi connectivity index (χ0n) is 49.4. The quantitative estimate of drug-likeness (QED) is 0.0320. The fraction of sp³-hybridized carbons (Fsp3) is 0.910. The number of carbonyl (C=O) groups excluding carboxylic acids is 2. The molecule has 0 aliphatic rings. The maximum absolute atomic E-state index is 12.5. The van der Waals surface area contributed by atoms with E-state index in [1.165, 1.54) is 295 Å². The monoisotopic (exact) mass is 1030 g/mol. The lowest BCUT2D eigenvalue weighted by Gasteiger charge is -2.20. The van der Waals surface area contributed by atoms with E-state index in [9.17, 15) is 19.8 Å². The number of aliphatic hydroxyl groups is 2. The molecule has 0 saturated heterocycles. The first kappa shape index (κ1) is 71.3. The molecule has 0 radical (unpaired) electrons. The van der Waals surface area contributed by atoms with E-state index >= 15 is 0 Å². The number of unbranched alkanes of at least 4 members (excludes halogenated alkanes) is 49. The van der Waals surface area contributed by atoms with Crippen molar-refractivity contribution in [2.24, 2.45) is 0 Å². The Morgan fingerprint density at radius 1 is 0.370 bits per heavy atom. The first-order valence-corrected chi connectivity index (χ1v) is 33.1. The van der Waals surface area contributed by atoms with Crippen LogP contribution in [0.15, 0.2) is 24.3 Å². The van der Waals surface area contributed by atoms with Gasteiger partial charge in [0.1, 0.15) is 0 Å². The maximum atomic E-state index is 12.5. The minimum absolute atomic E-state index is 0.00489. The van der Waals surface area contributed by atoms with Crippen molar-refractivity contribution in [2.45, 2.75) is 379 Å². The highest BCUT2D eigenvalue weighted by Crippen LogP contribution is 2.18. The molecule has 0 aromatic rings. The van der Waals surface area contributed by atoms with Gasteiger partial charge in [0.2, 0.25) is 5.91 Å². The Morgan fingerprint density at radius 3 is 0.973 bits per heavy atom. The number of nitrogens with one attached hydrogen (secondary N) is 1. The number of carbonyl (C=O) groups is 2. The molecule has 6 nitrogen and oxygen atoms in total. The maximum Gasteiger partial charge on any atom is 0.305 e. The summed E-state index contributed by atoms with van der Waals surface area (Å²) >= 11 is 0. The van der Waals surface area contributed by atoms with Gasteiger partial charge in [-0.2, -0.15) is 0 Å². The summed E-state index contributed by atoms with van der Waals surface area (Å²) in [5, 5.41) is 23.2. The molecule has 0 saturated carbocycles. The Kier molecular flexibility index (Phi) is 61.4. The van der Waals surface area contributed by atoms with Gasteiger partial charge < -0.3 is 20.3 Å². The summed E-state index contributed by atoms with van der Waals surface area (Å²) < 4.78 is 5.50. The highest BCUT2D eigenvalue weighted by atomic mass is 16.5. The van der Waals surface area contributed by atoms with Gasteiger partial charge in [0, 0.05) is 12.8 Å². The van der Waals surface area contributed by atoms with Crippen LogP contribution in [0.3, 0.4) is 0 Å². The third-order valence-electron chi connectivity index (χ3n) is 15.5. The van der Waals surface area contributed by atoms with Gasteiger partial charge in [0.15, 0.2) is 0 Å². The van der Waals surface area contributed by atoms with Crippen molar-refractivity contribution in [3.05, 3.63) is 24.3 Å². The van der Waals surface area contributed by atoms with Crippen molar-refractivity contribution < 1.29 is 24.5 Å². The minimum Gasteiger partial charge on any atom is -0.466 e. The van der Waals surface area contributed by atoms with Crippen molar-refractivity contribution in [3.63, 3.8) is 0 Å². The van der Waals surface area contributed by atoms with Crippen LogP contribution in [-0.4, -0.2) is 47.4 Å². The molecule has 2 unspecified atom stereocenters. The van der Waals surface area contributed by atoms with E-state index in [0.29, 0.717) is 19.4 Å². The second-order valence-electron chi connectivity index (χ2n) is 22.8. The van der Waals surface area contributed by atoms with Crippen LogP contribution in [0.2, 0.25) is 0 Å². The Bertz CT molecular complexity index is 1140. The van der Waals surface area contributed by atoms with Gasteiger partial charge in [0.25, 0.3) is 0 Å². The highest BCUT2D eigenvalue weighted by molar-refractivity contribution is 5.76. The van der Waals surface area contributed by atoms with Crippen LogP contribution in [-0.2, 0) is 14.3 Å². The van der Waals surface area contributed by atoms with E-state index in [2.05, 4.69) is 31.3 Å². The Morgan fingerprint density at radius 2 is 0.644 bits per heavy atom. The number of hydrogen-bond donors (Lipinski definition) is 3. The van der Waals surface area contributed by atoms with Gasteiger partial charge >= 0.3 is 5.97 Å². The molecule has 0 bridgehead atoms. The molecule has 0 aliphatic carbocycles. The lowest BCUT2D eigenvalue weighted by atomic mass is 10.0. The molecule has 3 N–H and O–H groups in total. The number of esters is 1. The molecule has 0 aromatic heterocycles. The predicted molar refractivity (Wildman–Crippen MR) is 320 cm³/mol. The molecule has 0 rings (SSSR count). The van der Waals surface area contributed by atoms with Crippen LogP contribution in [0.4, 0.5) is 0 Å². The summed E-state index contributed by atoms with van der Waals surface area (Å²) in [6, 6.07) is -0.633. The van der Waals surface area contributed by atoms with Gasteiger partial charge in [-0.15, -0.1) is 0 Å². The summed E-state index contributed by atoms with van der Waals surface area (Å²) in [5.41, 5.74) is 0. The number of allylic oxidation sites excluding steroid dienone is 3. The van der Waals surface area contributed by atoms with Crippen molar-refractivity contribution >= 4 is 11.9 Å². The van der Waals surface area contributed by atoms with Gasteiger partial charge in [-0.25, -0.2) is 0 Å². The summed E-state index contributed by atoms with van der Waals surface area (Å²) in [7, 11) is 0. The zero-order chi connectivity index (χ0) is 52.9. The summed E-state index contributed by atoms with van der Waals surface area (Å²) in [6.07, 6.45) is 77.9. The van der Waals surface area contributed by atoms with Gasteiger partial charge in [0.05, 0.1) is 25.4 Å². The summed E-state index contributed by atoms with van der Waals surface area (Å²) in [4.78, 5) is 24.6. The van der Waals surface area contributed by atoms with Gasteiger partial charge in [-0.1, -0.05) is 321 Å². The topological polar surface area (TPSA) is 95.9 Å². The first-order chi connectivity index (χ1) is 36.0. The molecule has 2 atom stereocenters. The molecule has 73 heavy (non-hydrogen) atoms. The lowest BCUT2D eigenvalue weighted by Crippen LogP contribution is -2.45. The van der Waals surface area contributed by atoms with E-state index in [1.54, 1.807) is 6.08 Å². The minimum atomic E-state index is -0.849. The predicted octanol–water partition coefficient (Wildman–Crippen LogP) is 21.0. The van der Waals surface area contributed by atoms with E-state index in [-0.39, 0.29) is 18.5 Å². The fourth-order valence-electron chi connectivity index (χ4n) is 10.4. The van der Waals surface area contributed by atoms with E-state index in [1.807, 2.05) is 6.08 Å². The number of ether oxygens (including phenoxy) is 1. The standard InChI is InChI=1S/C67H129NO5/c1-3-5-7-9-11-13-15-17-19-21-23-25-27-31-35-39-43-47-51-55-59-65(70)64(63-69)68-66(71)60-56-52-48-44-40-36-32-28-26-30-34-38-42-46-50-54-58-62-73-67(72)61-57-53-49-45-41-37-33-29-24-22-20-18-16-14-12-10-8-6-4-2/h18,20,55,59,64-65,69-70H,3-17,19,21-54,56-58,60-63H2,1-2H3,(H,68,71)/b20-18-,59-55+. The van der Waals surface area contributed by atoms with Crippen LogP contribution in [0.5, 0.6) is 0 Å². The van der Waals surface area contributed by atoms with Crippen molar-refractivity contribution in [1.82, 2.24) is 5.32 Å². The van der Waals surface area contributed by atoms with Crippen LogP contribution in [0, 0.1) is 0 Å². The van der Waals surface area contributed by atoms with Gasteiger partial charge in [-0.05, 0) is 57.8 Å². The highest BCUT2D eigenvalue weighted by Gasteiger charge is 2.18. The summed E-state index contributed by atoms with van der Waals surface area (Å²) in [5.74, 6) is -0.0649. The number of amides is 1. The lowest BCUT2D eigenvalue weighted by molar-refractivity contribution is -0.143. The zero-order valence-corrected chi connectivity index (χ0v) is 49.4. The molecule has 0 fully saturated rings. The first-order valence-electron chi connectivity index (χ1n) is 33.1. The third-order valence-corrected chi connectivity index (χ3v) is 15.5. The van der Waals surface area contributed by atoms with Crippen molar-refractivity contribution in [3.8, 4) is 0 Å². The largest absolute Gasteiger partial charge is 0.466 e. The Labute approximate surface area is 456 Å². The van der Waals surface area contributed by atoms with Crippen LogP contribution in [0.1, 0.15) is 367 Å². The molecule has 432 valence electrons. The van der Waals surface area contributed by atoms with Crippen molar-refractivity contribution in [2.75, 3.05) is 13.2 Å². The number of rotatable bonds is 62. The molecular weight excluding hydrogens is 899 g/mol. The van der Waals surface area contributed by atoms with Crippen LogP contribution >= 0.6 is 0 Å². The molecular formula is C67H129NO5. The average molecular weight is 1030 g/mol. The average Bonchev–Trinajstić information content (AvgIpc) is 3.39. The van der Waals surface area contributed by atoms with E-state index in [0.717, 1.165) is 44.9 Å². The van der Waals surface area contributed by atoms with Crippen molar-refractivity contribution in [1.29, 1.82) is 0 Å². The molecule has 1 amide bonds. The molecule has 6 heteroatoms. The molecule has 0 spiro atoms. The molecule has 0 heterocycles. The third kappa shape index (κ3) is 59.4. The van der Waals surface area contributed by atoms with Gasteiger partial charge in [-0.3, -0.25) is 9.59 Å².